The predicted molar refractivity (Wildman–Crippen MR) is 68.1 cm³/mol. The van der Waals surface area contributed by atoms with Crippen molar-refractivity contribution in [1.29, 1.82) is 0 Å². The largest absolute Gasteiger partial charge is 0.329 e. The molecular formula is C12H29N3. The van der Waals surface area contributed by atoms with Gasteiger partial charge in [-0.25, -0.2) is 0 Å². The topological polar surface area (TPSA) is 32.5 Å². The maximum atomic E-state index is 5.83. The molecule has 0 bridgehead atoms. The molecule has 0 aliphatic rings. The smallest absolute Gasteiger partial charge is 0.0240 e. The molecule has 0 aliphatic carbocycles. The summed E-state index contributed by atoms with van der Waals surface area (Å²) in [5.41, 5.74) is 5.83. The van der Waals surface area contributed by atoms with E-state index in [1.807, 2.05) is 0 Å². The van der Waals surface area contributed by atoms with E-state index in [9.17, 15) is 0 Å². The third-order valence-corrected chi connectivity index (χ3v) is 3.22. The summed E-state index contributed by atoms with van der Waals surface area (Å²) in [7, 11) is 6.43. The van der Waals surface area contributed by atoms with Crippen LogP contribution in [0, 0.1) is 5.92 Å². The third-order valence-electron chi connectivity index (χ3n) is 3.22. The fourth-order valence-electron chi connectivity index (χ4n) is 1.92. The minimum absolute atomic E-state index is 0.539. The first-order valence-electron chi connectivity index (χ1n) is 6.07. The summed E-state index contributed by atoms with van der Waals surface area (Å²) in [5.74, 6) is 0.694. The maximum Gasteiger partial charge on any atom is 0.0240 e. The van der Waals surface area contributed by atoms with Gasteiger partial charge in [-0.1, -0.05) is 20.3 Å². The summed E-state index contributed by atoms with van der Waals surface area (Å²) in [6.07, 6.45) is 2.43. The Hall–Kier alpha value is -0.120. The van der Waals surface area contributed by atoms with Crippen LogP contribution in [0.15, 0.2) is 0 Å². The van der Waals surface area contributed by atoms with Crippen LogP contribution in [0.4, 0.5) is 0 Å². The number of nitrogens with zero attached hydrogens (tertiary/aromatic N) is 2. The van der Waals surface area contributed by atoms with E-state index in [1.54, 1.807) is 0 Å². The number of likely N-dealkylation sites (N-methyl/N-ethyl adjacent to an activating group) is 1. The van der Waals surface area contributed by atoms with E-state index in [-0.39, 0.29) is 0 Å². The molecule has 0 aromatic carbocycles. The first kappa shape index (κ1) is 14.9. The molecule has 2 N–H and O–H groups in total. The number of hydrogen-bond donors (Lipinski definition) is 1. The van der Waals surface area contributed by atoms with Crippen molar-refractivity contribution in [2.45, 2.75) is 32.7 Å². The van der Waals surface area contributed by atoms with Crippen molar-refractivity contribution in [2.24, 2.45) is 11.7 Å². The Kier molecular flexibility index (Phi) is 8.02. The van der Waals surface area contributed by atoms with Crippen LogP contribution in [0.1, 0.15) is 26.7 Å². The molecule has 3 nitrogen and oxygen atoms in total. The summed E-state index contributed by atoms with van der Waals surface area (Å²) in [4.78, 5) is 4.65. The van der Waals surface area contributed by atoms with Crippen molar-refractivity contribution in [2.75, 3.05) is 40.8 Å². The fourth-order valence-corrected chi connectivity index (χ4v) is 1.92. The van der Waals surface area contributed by atoms with Crippen LogP contribution in [0.2, 0.25) is 0 Å². The van der Waals surface area contributed by atoms with E-state index in [1.165, 1.54) is 12.8 Å². The van der Waals surface area contributed by atoms with Crippen LogP contribution in [-0.4, -0.2) is 56.6 Å². The average Bonchev–Trinajstić information content (AvgIpc) is 2.18. The van der Waals surface area contributed by atoms with Gasteiger partial charge in [-0.15, -0.1) is 0 Å². The van der Waals surface area contributed by atoms with E-state index in [0.29, 0.717) is 12.0 Å². The Morgan fingerprint density at radius 2 is 1.73 bits per heavy atom. The van der Waals surface area contributed by atoms with Crippen molar-refractivity contribution in [3.63, 3.8) is 0 Å². The van der Waals surface area contributed by atoms with Crippen molar-refractivity contribution in [3.8, 4) is 0 Å². The predicted octanol–water partition coefficient (Wildman–Crippen LogP) is 1.24. The SMILES string of the molecule is CCC(C)C(CN)N(C)CCCN(C)C. The molecule has 0 saturated carbocycles. The van der Waals surface area contributed by atoms with Crippen molar-refractivity contribution < 1.29 is 0 Å². The first-order valence-corrected chi connectivity index (χ1v) is 6.07. The van der Waals surface area contributed by atoms with E-state index >= 15 is 0 Å². The molecule has 0 aromatic rings. The minimum Gasteiger partial charge on any atom is -0.329 e. The summed E-state index contributed by atoms with van der Waals surface area (Å²) in [6.45, 7) is 7.60. The quantitative estimate of drug-likeness (QED) is 0.661. The van der Waals surface area contributed by atoms with E-state index in [4.69, 9.17) is 5.73 Å². The molecule has 0 heterocycles. The Morgan fingerprint density at radius 1 is 1.13 bits per heavy atom. The first-order chi connectivity index (χ1) is 7.02. The van der Waals surface area contributed by atoms with Gasteiger partial charge in [0.1, 0.15) is 0 Å². The van der Waals surface area contributed by atoms with Gasteiger partial charge in [0.05, 0.1) is 0 Å². The zero-order valence-electron chi connectivity index (χ0n) is 11.2. The van der Waals surface area contributed by atoms with E-state index in [2.05, 4.69) is 44.8 Å². The standard InChI is InChI=1S/C12H29N3/c1-6-11(2)12(10-13)15(5)9-7-8-14(3)4/h11-12H,6-10,13H2,1-5H3. The van der Waals surface area contributed by atoms with Crippen molar-refractivity contribution >= 4 is 0 Å². The Labute approximate surface area is 95.6 Å². The lowest BCUT2D eigenvalue weighted by molar-refractivity contribution is 0.178. The van der Waals surface area contributed by atoms with Crippen LogP contribution in [0.3, 0.4) is 0 Å². The summed E-state index contributed by atoms with van der Waals surface area (Å²) in [5, 5.41) is 0. The molecular weight excluding hydrogens is 186 g/mol. The highest BCUT2D eigenvalue weighted by Crippen LogP contribution is 2.12. The molecule has 0 saturated heterocycles. The van der Waals surface area contributed by atoms with Crippen LogP contribution in [-0.2, 0) is 0 Å². The van der Waals surface area contributed by atoms with Gasteiger partial charge in [0, 0.05) is 12.6 Å². The maximum absolute atomic E-state index is 5.83. The zero-order valence-corrected chi connectivity index (χ0v) is 11.2. The highest BCUT2D eigenvalue weighted by atomic mass is 15.1. The number of hydrogen-bond acceptors (Lipinski definition) is 3. The molecule has 0 spiro atoms. The molecule has 0 aliphatic heterocycles. The normalized spacial score (nSPS) is 16.0. The minimum atomic E-state index is 0.539. The second kappa shape index (κ2) is 8.08. The molecule has 2 unspecified atom stereocenters. The van der Waals surface area contributed by atoms with Crippen LogP contribution in [0.25, 0.3) is 0 Å². The fraction of sp³-hybridized carbons (Fsp3) is 1.00. The van der Waals surface area contributed by atoms with Gasteiger partial charge in [0.25, 0.3) is 0 Å². The van der Waals surface area contributed by atoms with Crippen molar-refractivity contribution in [1.82, 2.24) is 9.80 Å². The molecule has 0 rings (SSSR count). The highest BCUT2D eigenvalue weighted by molar-refractivity contribution is 4.75. The van der Waals surface area contributed by atoms with E-state index < -0.39 is 0 Å². The van der Waals surface area contributed by atoms with Gasteiger partial charge in [0.2, 0.25) is 0 Å². The number of rotatable bonds is 8. The summed E-state index contributed by atoms with van der Waals surface area (Å²) in [6, 6.07) is 0.539. The van der Waals surface area contributed by atoms with Gasteiger partial charge < -0.3 is 15.5 Å². The molecule has 0 radical (unpaired) electrons. The monoisotopic (exact) mass is 215 g/mol. The average molecular weight is 215 g/mol. The second-order valence-corrected chi connectivity index (χ2v) is 4.83. The van der Waals surface area contributed by atoms with Crippen molar-refractivity contribution in [3.05, 3.63) is 0 Å². The zero-order chi connectivity index (χ0) is 11.8. The van der Waals surface area contributed by atoms with Gasteiger partial charge in [-0.05, 0) is 46.6 Å². The Balaban J connectivity index is 3.88. The van der Waals surface area contributed by atoms with Gasteiger partial charge in [-0.3, -0.25) is 0 Å². The Bertz CT molecular complexity index is 148. The van der Waals surface area contributed by atoms with Crippen LogP contribution in [0.5, 0.6) is 0 Å². The van der Waals surface area contributed by atoms with Gasteiger partial charge in [-0.2, -0.15) is 0 Å². The molecule has 2 atom stereocenters. The highest BCUT2D eigenvalue weighted by Gasteiger charge is 2.18. The van der Waals surface area contributed by atoms with Gasteiger partial charge in [0.15, 0.2) is 0 Å². The van der Waals surface area contributed by atoms with Crippen LogP contribution >= 0.6 is 0 Å². The number of nitrogens with two attached hydrogens (primary N) is 1. The molecule has 0 amide bonds. The van der Waals surface area contributed by atoms with Crippen LogP contribution < -0.4 is 5.73 Å². The molecule has 0 aromatic heterocycles. The lowest BCUT2D eigenvalue weighted by atomic mass is 9.98. The third kappa shape index (κ3) is 6.13. The lowest BCUT2D eigenvalue weighted by Gasteiger charge is -2.31. The molecule has 0 fully saturated rings. The second-order valence-electron chi connectivity index (χ2n) is 4.83. The molecule has 3 heteroatoms. The summed E-state index contributed by atoms with van der Waals surface area (Å²) >= 11 is 0. The molecule has 15 heavy (non-hydrogen) atoms. The summed E-state index contributed by atoms with van der Waals surface area (Å²) < 4.78 is 0. The van der Waals surface area contributed by atoms with Gasteiger partial charge >= 0.3 is 0 Å². The lowest BCUT2D eigenvalue weighted by Crippen LogP contribution is -2.43. The van der Waals surface area contributed by atoms with E-state index in [0.717, 1.165) is 19.6 Å². The molecule has 92 valence electrons. The Morgan fingerprint density at radius 3 is 2.13 bits per heavy atom.